The minimum absolute atomic E-state index is 0.0109. The number of nitrogens with zero attached hydrogens (tertiary/aromatic N) is 6. The van der Waals surface area contributed by atoms with E-state index in [0.717, 1.165) is 42.0 Å². The quantitative estimate of drug-likeness (QED) is 0.0555. The summed E-state index contributed by atoms with van der Waals surface area (Å²) in [5.41, 5.74) is 0.129. The van der Waals surface area contributed by atoms with E-state index in [1.54, 1.807) is 61.6 Å². The van der Waals surface area contributed by atoms with Crippen LogP contribution in [-0.4, -0.2) is 86.6 Å². The van der Waals surface area contributed by atoms with Crippen LogP contribution in [-0.2, 0) is 60.0 Å². The molecule has 28 heteroatoms. The maximum atomic E-state index is 13.6. The Morgan fingerprint density at radius 3 is 1.32 bits per heavy atom. The van der Waals surface area contributed by atoms with Gasteiger partial charge in [0.1, 0.15) is 17.6 Å². The number of aliphatic hydroxyl groups is 4. The lowest BCUT2D eigenvalue weighted by atomic mass is 9.91. The number of aromatic nitrogens is 6. The number of aryl methyl sites for hydroxylation is 3. The number of benzene rings is 7. The topological polar surface area (TPSA) is 231 Å². The van der Waals surface area contributed by atoms with Crippen LogP contribution in [0.4, 0.5) is 39.5 Å². The molecule has 0 aliphatic rings. The number of hydrogen-bond acceptors (Lipinski definition) is 12. The van der Waals surface area contributed by atoms with Gasteiger partial charge >= 0.3 is 36.0 Å². The third kappa shape index (κ3) is 16.9. The number of hydrogen-bond donors (Lipinski definition) is 4. The summed E-state index contributed by atoms with van der Waals surface area (Å²) in [7, 11) is 4.37. The van der Waals surface area contributed by atoms with E-state index in [-0.39, 0.29) is 104 Å². The summed E-state index contributed by atoms with van der Waals surface area (Å²) >= 11 is 5.84. The minimum Gasteiger partial charge on any atom is -0.405 e. The van der Waals surface area contributed by atoms with Crippen molar-refractivity contribution in [2.45, 2.75) is 83.2 Å². The predicted octanol–water partition coefficient (Wildman–Crippen LogP) is 9.73. The Kier molecular flexibility index (Phi) is 22.7. The molecule has 0 bridgehead atoms. The molecule has 3 aromatic heterocycles. The van der Waals surface area contributed by atoms with Gasteiger partial charge in [0.15, 0.2) is 0 Å². The van der Waals surface area contributed by atoms with Crippen LogP contribution in [0.5, 0.6) is 11.5 Å². The highest BCUT2D eigenvalue weighted by atomic mass is 35.5. The molecule has 10 rings (SSSR count). The molecule has 0 fully saturated rings. The van der Waals surface area contributed by atoms with Gasteiger partial charge in [-0.25, -0.2) is 14.4 Å². The molecule has 4 N–H and O–H groups in total. The van der Waals surface area contributed by atoms with Gasteiger partial charge in [-0.05, 0) is 107 Å². The van der Waals surface area contributed by atoms with Crippen molar-refractivity contribution in [3.05, 3.63) is 252 Å². The number of fused-ring (bicyclic) bond motifs is 3. The monoisotopic (exact) mass is 1350 g/mol. The second-order valence-corrected chi connectivity index (χ2v) is 22.2. The van der Waals surface area contributed by atoms with E-state index in [1.807, 2.05) is 30.3 Å². The van der Waals surface area contributed by atoms with E-state index in [1.165, 1.54) is 65.7 Å². The third-order valence-corrected chi connectivity index (χ3v) is 15.6. The first kappa shape index (κ1) is 71.3. The van der Waals surface area contributed by atoms with Crippen molar-refractivity contribution in [2.75, 3.05) is 19.8 Å². The van der Waals surface area contributed by atoms with Crippen molar-refractivity contribution in [2.24, 2.45) is 21.1 Å². The molecule has 7 aromatic carbocycles. The molecule has 3 heterocycles. The standard InChI is InChI=1S/C27H25F3N2O3.C20H18ClF3N2O5.C20H19F3N2O4/c1-31-23-12-11-21(20-10-5-9-19(15-20)17-27(28,29)30)22(16-18-7-3-2-4-8-18)24(23)25(34)32(26(31)35)13-6-14-33;1-25-13-7-8-14(31-20(22,23)24)16(17(28)11-3-5-12(21)6-4-11)15(13)18(29)26(19(25)30)9-2-10-27;1-24-15-8-9-16(29-20(21,22)23)14(12-13-6-3-2-4-7-13)17(15)18(27)25(19(24)28)10-5-11-26/h2-5,7-12,15,33H,6,13-14,16-17H2,1H3;3-8,17,27-28H,2,9-10H2,1H3;2-4,6-9,26H,5,10-12H2,1H3. The second kappa shape index (κ2) is 30.2. The molecule has 0 saturated heterocycles. The number of aliphatic hydroxyl groups excluding tert-OH is 4. The molecule has 18 nitrogen and oxygen atoms in total. The van der Waals surface area contributed by atoms with E-state index < -0.39 is 82.2 Å². The van der Waals surface area contributed by atoms with Crippen molar-refractivity contribution < 1.29 is 69.4 Å². The van der Waals surface area contributed by atoms with Gasteiger partial charge in [0.25, 0.3) is 16.7 Å². The highest BCUT2D eigenvalue weighted by Gasteiger charge is 2.36. The molecule has 95 heavy (non-hydrogen) atoms. The summed E-state index contributed by atoms with van der Waals surface area (Å²) < 4.78 is 132. The van der Waals surface area contributed by atoms with Crippen LogP contribution in [0.3, 0.4) is 0 Å². The SMILES string of the molecule is Cn1c(=O)n(CCCO)c(=O)c2c(C(O)c3ccc(Cl)cc3)c(OC(F)(F)F)ccc21.Cn1c(=O)n(CCCO)c(=O)c2c(Cc3ccccc3)c(-c3cccc(CC(F)(F)F)c3)ccc21.Cn1c(=O)n(CCCO)c(=O)c2c(Cc3ccccc3)c(OC(F)(F)F)ccc21. The van der Waals surface area contributed by atoms with Crippen molar-refractivity contribution in [1.82, 2.24) is 27.4 Å². The lowest BCUT2D eigenvalue weighted by Gasteiger charge is -2.21. The fraction of sp³-hybridized carbons (Fsp3) is 0.284. The van der Waals surface area contributed by atoms with Gasteiger partial charge in [0.05, 0.1) is 39.1 Å². The number of halogens is 10. The van der Waals surface area contributed by atoms with Gasteiger partial charge < -0.3 is 29.9 Å². The number of alkyl halides is 9. The van der Waals surface area contributed by atoms with Crippen LogP contribution >= 0.6 is 11.6 Å². The Labute approximate surface area is 538 Å². The molecule has 0 saturated carbocycles. The zero-order valence-corrected chi connectivity index (χ0v) is 51.7. The molecule has 502 valence electrons. The van der Waals surface area contributed by atoms with Gasteiger partial charge in [-0.3, -0.25) is 41.8 Å². The predicted molar refractivity (Wildman–Crippen MR) is 338 cm³/mol. The minimum atomic E-state index is -5.08. The van der Waals surface area contributed by atoms with Gasteiger partial charge in [0.2, 0.25) is 0 Å². The number of ether oxygens (including phenoxy) is 2. The highest BCUT2D eigenvalue weighted by Crippen LogP contribution is 2.39. The normalized spacial score (nSPS) is 12.1. The van der Waals surface area contributed by atoms with Crippen molar-refractivity contribution >= 4 is 44.3 Å². The Bertz CT molecular complexity index is 4780. The van der Waals surface area contributed by atoms with E-state index in [0.29, 0.717) is 44.6 Å². The zero-order chi connectivity index (χ0) is 69.3. The molecule has 0 aliphatic heterocycles. The van der Waals surface area contributed by atoms with Crippen molar-refractivity contribution in [3.8, 4) is 22.6 Å². The number of rotatable bonds is 19. The Hall–Kier alpha value is -9.54. The molecular weight excluding hydrogens is 1290 g/mol. The second-order valence-electron chi connectivity index (χ2n) is 21.8. The Balaban J connectivity index is 0.000000183. The van der Waals surface area contributed by atoms with Gasteiger partial charge in [-0.2, -0.15) is 13.2 Å². The fourth-order valence-electron chi connectivity index (χ4n) is 11.0. The first-order valence-corrected chi connectivity index (χ1v) is 29.6. The maximum absolute atomic E-state index is 13.6. The van der Waals surface area contributed by atoms with E-state index in [9.17, 15) is 78.5 Å². The van der Waals surface area contributed by atoms with Gasteiger partial charge in [-0.1, -0.05) is 115 Å². The molecule has 0 spiro atoms. The van der Waals surface area contributed by atoms with Crippen LogP contribution in [0.1, 0.15) is 64.3 Å². The van der Waals surface area contributed by atoms with E-state index >= 15 is 0 Å². The average molecular weight is 1350 g/mol. The van der Waals surface area contributed by atoms with Crippen LogP contribution in [0.2, 0.25) is 5.02 Å². The third-order valence-electron chi connectivity index (χ3n) is 15.4. The lowest BCUT2D eigenvalue weighted by molar-refractivity contribution is -0.276. The largest absolute Gasteiger partial charge is 0.573 e. The average Bonchev–Trinajstić information content (AvgIpc) is 0.762. The fourth-order valence-corrected chi connectivity index (χ4v) is 11.1. The van der Waals surface area contributed by atoms with Crippen LogP contribution in [0.15, 0.2) is 174 Å². The first-order valence-electron chi connectivity index (χ1n) is 29.3. The van der Waals surface area contributed by atoms with Crippen LogP contribution in [0.25, 0.3) is 43.8 Å². The summed E-state index contributed by atoms with van der Waals surface area (Å²) in [6.07, 6.45) is -16.3. The summed E-state index contributed by atoms with van der Waals surface area (Å²) in [5, 5.41) is 38.6. The summed E-state index contributed by atoms with van der Waals surface area (Å²) in [6.45, 7) is -0.844. The molecule has 1 unspecified atom stereocenters. The van der Waals surface area contributed by atoms with Crippen molar-refractivity contribution in [3.63, 3.8) is 0 Å². The van der Waals surface area contributed by atoms with E-state index in [2.05, 4.69) is 9.47 Å². The van der Waals surface area contributed by atoms with Crippen LogP contribution < -0.4 is 43.2 Å². The lowest BCUT2D eigenvalue weighted by Crippen LogP contribution is -2.40. The van der Waals surface area contributed by atoms with Gasteiger partial charge in [0, 0.05) is 83.2 Å². The Morgan fingerprint density at radius 1 is 0.463 bits per heavy atom. The smallest absolute Gasteiger partial charge is 0.405 e. The molecule has 0 aliphatic carbocycles. The summed E-state index contributed by atoms with van der Waals surface area (Å²) in [6, 6.07) is 37.9. The van der Waals surface area contributed by atoms with Crippen molar-refractivity contribution in [1.29, 1.82) is 0 Å². The molecule has 1 atom stereocenters. The zero-order valence-electron chi connectivity index (χ0n) is 50.9. The molecule has 0 radical (unpaired) electrons. The molecule has 0 amide bonds. The summed E-state index contributed by atoms with van der Waals surface area (Å²) in [5.74, 6) is -1.26. The molecule has 10 aromatic rings. The summed E-state index contributed by atoms with van der Waals surface area (Å²) in [4.78, 5) is 77.7. The highest BCUT2D eigenvalue weighted by molar-refractivity contribution is 6.30. The maximum Gasteiger partial charge on any atom is 0.573 e. The van der Waals surface area contributed by atoms with Crippen LogP contribution in [0, 0.1) is 0 Å². The van der Waals surface area contributed by atoms with E-state index in [4.69, 9.17) is 21.8 Å². The Morgan fingerprint density at radius 2 is 0.863 bits per heavy atom. The van der Waals surface area contributed by atoms with Gasteiger partial charge in [-0.15, -0.1) is 26.3 Å². The first-order chi connectivity index (χ1) is 45.0. The molecular formula is C67H62ClF9N6O12.